The number of nitrogens with one attached hydrogen (secondary N) is 1. The molecule has 4 nitrogen and oxygen atoms in total. The summed E-state index contributed by atoms with van der Waals surface area (Å²) in [5.41, 5.74) is 1.44. The van der Waals surface area contributed by atoms with E-state index in [-0.39, 0.29) is 18.4 Å². The van der Waals surface area contributed by atoms with Crippen molar-refractivity contribution in [3.63, 3.8) is 0 Å². The standard InChI is InChI=1S/C17H15ClN2O2S/c18-12-5-7-13(8-6-12)23-10-9-17(22)20-11-16(21)19-14-3-1-2-4-15(14)20/h1-8H,9-11H2,(H,19,21). The van der Waals surface area contributed by atoms with E-state index >= 15 is 0 Å². The lowest BCUT2D eigenvalue weighted by atomic mass is 10.2. The number of carbonyl (C=O) groups is 2. The molecule has 6 heteroatoms. The van der Waals surface area contributed by atoms with Crippen LogP contribution in [0.4, 0.5) is 11.4 Å². The fourth-order valence-electron chi connectivity index (χ4n) is 2.38. The molecule has 0 unspecified atom stereocenters. The van der Waals surface area contributed by atoms with Crippen LogP contribution in [-0.4, -0.2) is 24.1 Å². The molecule has 118 valence electrons. The summed E-state index contributed by atoms with van der Waals surface area (Å²) >= 11 is 7.45. The Morgan fingerprint density at radius 3 is 2.70 bits per heavy atom. The van der Waals surface area contributed by atoms with Gasteiger partial charge in [0.05, 0.1) is 11.4 Å². The Kier molecular flexibility index (Phi) is 4.88. The van der Waals surface area contributed by atoms with E-state index < -0.39 is 0 Å². The van der Waals surface area contributed by atoms with Crippen molar-refractivity contribution in [2.75, 3.05) is 22.5 Å². The van der Waals surface area contributed by atoms with Crippen molar-refractivity contribution in [2.45, 2.75) is 11.3 Å². The van der Waals surface area contributed by atoms with E-state index in [1.807, 2.05) is 42.5 Å². The maximum Gasteiger partial charge on any atom is 0.244 e. The fraction of sp³-hybridized carbons (Fsp3) is 0.176. The number of fused-ring (bicyclic) bond motifs is 1. The van der Waals surface area contributed by atoms with Gasteiger partial charge in [0.25, 0.3) is 0 Å². The third kappa shape index (κ3) is 3.86. The molecule has 3 rings (SSSR count). The Bertz CT molecular complexity index is 734. The van der Waals surface area contributed by atoms with Crippen LogP contribution in [0.5, 0.6) is 0 Å². The van der Waals surface area contributed by atoms with Crippen LogP contribution in [0, 0.1) is 0 Å². The van der Waals surface area contributed by atoms with Gasteiger partial charge in [0.1, 0.15) is 6.54 Å². The highest BCUT2D eigenvalue weighted by molar-refractivity contribution is 7.99. The third-order valence-corrected chi connectivity index (χ3v) is 4.74. The molecule has 1 N–H and O–H groups in total. The van der Waals surface area contributed by atoms with Crippen molar-refractivity contribution in [3.05, 3.63) is 53.6 Å². The number of benzene rings is 2. The van der Waals surface area contributed by atoms with Crippen LogP contribution in [0.15, 0.2) is 53.4 Å². The Morgan fingerprint density at radius 2 is 1.91 bits per heavy atom. The molecule has 1 heterocycles. The Hall–Kier alpha value is -1.98. The van der Waals surface area contributed by atoms with E-state index in [0.717, 1.165) is 10.6 Å². The lowest BCUT2D eigenvalue weighted by Gasteiger charge is -2.29. The largest absolute Gasteiger partial charge is 0.323 e. The Labute approximate surface area is 143 Å². The predicted molar refractivity (Wildman–Crippen MR) is 94.2 cm³/mol. The first kappa shape index (κ1) is 15.9. The molecule has 0 radical (unpaired) electrons. The molecule has 2 amide bonds. The second kappa shape index (κ2) is 7.06. The number of rotatable bonds is 4. The van der Waals surface area contributed by atoms with E-state index in [1.165, 1.54) is 0 Å². The molecular formula is C17H15ClN2O2S. The monoisotopic (exact) mass is 346 g/mol. The summed E-state index contributed by atoms with van der Waals surface area (Å²) in [6.45, 7) is 0.0709. The van der Waals surface area contributed by atoms with Crippen molar-refractivity contribution < 1.29 is 9.59 Å². The van der Waals surface area contributed by atoms with Gasteiger partial charge < -0.3 is 10.2 Å². The minimum absolute atomic E-state index is 0.0474. The molecule has 23 heavy (non-hydrogen) atoms. The number of anilines is 2. The molecule has 0 atom stereocenters. The van der Waals surface area contributed by atoms with Crippen molar-refractivity contribution in [1.82, 2.24) is 0 Å². The number of amides is 2. The summed E-state index contributed by atoms with van der Waals surface area (Å²) in [4.78, 5) is 26.8. The topological polar surface area (TPSA) is 49.4 Å². The summed E-state index contributed by atoms with van der Waals surface area (Å²) in [5.74, 6) is 0.442. The lowest BCUT2D eigenvalue weighted by Crippen LogP contribution is -2.42. The third-order valence-electron chi connectivity index (χ3n) is 3.47. The van der Waals surface area contributed by atoms with Crippen LogP contribution >= 0.6 is 23.4 Å². The predicted octanol–water partition coefficient (Wildman–Crippen LogP) is 3.81. The van der Waals surface area contributed by atoms with Gasteiger partial charge in [-0.05, 0) is 36.4 Å². The minimum Gasteiger partial charge on any atom is -0.323 e. The minimum atomic E-state index is -0.164. The second-order valence-electron chi connectivity index (χ2n) is 5.10. The van der Waals surface area contributed by atoms with Crippen molar-refractivity contribution >= 4 is 46.6 Å². The summed E-state index contributed by atoms with van der Waals surface area (Å²) in [6, 6.07) is 14.9. The fourth-order valence-corrected chi connectivity index (χ4v) is 3.34. The summed E-state index contributed by atoms with van der Waals surface area (Å²) < 4.78 is 0. The van der Waals surface area contributed by atoms with Crippen LogP contribution in [0.1, 0.15) is 6.42 Å². The molecular weight excluding hydrogens is 332 g/mol. The van der Waals surface area contributed by atoms with Gasteiger partial charge >= 0.3 is 0 Å². The average Bonchev–Trinajstić information content (AvgIpc) is 2.55. The zero-order valence-corrected chi connectivity index (χ0v) is 13.9. The molecule has 0 saturated carbocycles. The molecule has 0 saturated heterocycles. The number of hydrogen-bond donors (Lipinski definition) is 1. The smallest absolute Gasteiger partial charge is 0.244 e. The molecule has 2 aromatic rings. The Balaban J connectivity index is 1.62. The van der Waals surface area contributed by atoms with E-state index in [4.69, 9.17) is 11.6 Å². The molecule has 0 fully saturated rings. The summed E-state index contributed by atoms with van der Waals surface area (Å²) in [5, 5.41) is 3.48. The first-order chi connectivity index (χ1) is 11.1. The molecule has 0 bridgehead atoms. The van der Waals surface area contributed by atoms with E-state index in [2.05, 4.69) is 5.32 Å². The summed E-state index contributed by atoms with van der Waals surface area (Å²) in [6.07, 6.45) is 0.370. The van der Waals surface area contributed by atoms with Crippen molar-refractivity contribution in [2.24, 2.45) is 0 Å². The van der Waals surface area contributed by atoms with Gasteiger partial charge in [-0.2, -0.15) is 0 Å². The Morgan fingerprint density at radius 1 is 1.17 bits per heavy atom. The van der Waals surface area contributed by atoms with Crippen LogP contribution < -0.4 is 10.2 Å². The molecule has 0 aliphatic carbocycles. The van der Waals surface area contributed by atoms with Crippen LogP contribution in [0.3, 0.4) is 0 Å². The van der Waals surface area contributed by atoms with E-state index in [0.29, 0.717) is 22.9 Å². The van der Waals surface area contributed by atoms with Crippen LogP contribution in [0.25, 0.3) is 0 Å². The highest BCUT2D eigenvalue weighted by Crippen LogP contribution is 2.30. The molecule has 0 spiro atoms. The maximum absolute atomic E-state index is 12.5. The number of para-hydroxylation sites is 2. The van der Waals surface area contributed by atoms with Gasteiger partial charge in [0.15, 0.2) is 0 Å². The normalized spacial score (nSPS) is 13.4. The van der Waals surface area contributed by atoms with Crippen LogP contribution in [-0.2, 0) is 9.59 Å². The molecule has 1 aliphatic rings. The SMILES string of the molecule is O=C1CN(C(=O)CCSc2ccc(Cl)cc2)c2ccccc2N1. The van der Waals surface area contributed by atoms with E-state index in [1.54, 1.807) is 22.7 Å². The van der Waals surface area contributed by atoms with Crippen molar-refractivity contribution in [3.8, 4) is 0 Å². The molecule has 1 aliphatic heterocycles. The van der Waals surface area contributed by atoms with Gasteiger partial charge in [-0.25, -0.2) is 0 Å². The van der Waals surface area contributed by atoms with Gasteiger partial charge in [0.2, 0.25) is 11.8 Å². The van der Waals surface area contributed by atoms with Crippen molar-refractivity contribution in [1.29, 1.82) is 0 Å². The van der Waals surface area contributed by atoms with Gasteiger partial charge in [-0.15, -0.1) is 11.8 Å². The lowest BCUT2D eigenvalue weighted by molar-refractivity contribution is -0.121. The number of hydrogen-bond acceptors (Lipinski definition) is 3. The van der Waals surface area contributed by atoms with Crippen LogP contribution in [0.2, 0.25) is 5.02 Å². The molecule has 2 aromatic carbocycles. The first-order valence-corrected chi connectivity index (χ1v) is 8.57. The zero-order valence-electron chi connectivity index (χ0n) is 12.3. The first-order valence-electron chi connectivity index (χ1n) is 7.21. The second-order valence-corrected chi connectivity index (χ2v) is 6.70. The van der Waals surface area contributed by atoms with Gasteiger partial charge in [0, 0.05) is 22.1 Å². The highest BCUT2D eigenvalue weighted by atomic mass is 35.5. The average molecular weight is 347 g/mol. The highest BCUT2D eigenvalue weighted by Gasteiger charge is 2.25. The number of nitrogens with zero attached hydrogens (tertiary/aromatic N) is 1. The zero-order chi connectivity index (χ0) is 16.2. The summed E-state index contributed by atoms with van der Waals surface area (Å²) in [7, 11) is 0. The van der Waals surface area contributed by atoms with Gasteiger partial charge in [-0.3, -0.25) is 9.59 Å². The molecule has 0 aromatic heterocycles. The maximum atomic E-state index is 12.5. The number of halogens is 1. The van der Waals surface area contributed by atoms with Gasteiger partial charge in [-0.1, -0.05) is 23.7 Å². The van der Waals surface area contributed by atoms with E-state index in [9.17, 15) is 9.59 Å². The number of carbonyl (C=O) groups excluding carboxylic acids is 2. The number of thioether (sulfide) groups is 1. The quantitative estimate of drug-likeness (QED) is 0.856.